The van der Waals surface area contributed by atoms with E-state index in [0.717, 1.165) is 5.69 Å². The molecule has 0 saturated heterocycles. The Kier molecular flexibility index (Phi) is 6.79. The highest BCUT2D eigenvalue weighted by atomic mass is 19.3. The quantitative estimate of drug-likeness (QED) is 0.496. The maximum absolute atomic E-state index is 12.6. The van der Waals surface area contributed by atoms with Gasteiger partial charge in [0.25, 0.3) is 11.8 Å². The van der Waals surface area contributed by atoms with E-state index in [1.165, 1.54) is 12.3 Å². The van der Waals surface area contributed by atoms with Gasteiger partial charge in [0.1, 0.15) is 11.8 Å². The monoisotopic (exact) mass is 320 g/mol. The number of pyridine rings is 1. The van der Waals surface area contributed by atoms with E-state index < -0.39 is 24.2 Å². The summed E-state index contributed by atoms with van der Waals surface area (Å²) >= 11 is 0. The maximum Gasteiger partial charge on any atom is 0.260 e. The van der Waals surface area contributed by atoms with Crippen LogP contribution in [0.5, 0.6) is 0 Å². The number of carbonyl (C=O) groups is 1. The average Bonchev–Trinajstić information content (AvgIpc) is 3.17. The zero-order valence-electron chi connectivity index (χ0n) is 12.5. The van der Waals surface area contributed by atoms with Crippen molar-refractivity contribution in [3.63, 3.8) is 0 Å². The molecule has 0 bridgehead atoms. The van der Waals surface area contributed by atoms with E-state index in [1.807, 2.05) is 0 Å². The molecule has 5 nitrogen and oxygen atoms in total. The number of nitrogens with zero attached hydrogens (tertiary/aromatic N) is 2. The summed E-state index contributed by atoms with van der Waals surface area (Å²) in [5.41, 5.74) is 6.21. The van der Waals surface area contributed by atoms with Crippen molar-refractivity contribution in [1.82, 2.24) is 4.98 Å². The SMILES string of the molecule is C=CC=C.NC(/C=C\Nc1ccncc1)=NC(=O)C1CC1(F)F. The number of anilines is 1. The Morgan fingerprint density at radius 3 is 2.43 bits per heavy atom. The molecule has 23 heavy (non-hydrogen) atoms. The van der Waals surface area contributed by atoms with Crippen LogP contribution in [0.25, 0.3) is 0 Å². The first-order chi connectivity index (χ1) is 10.9. The van der Waals surface area contributed by atoms with Crippen LogP contribution in [0.4, 0.5) is 14.5 Å². The molecule has 0 spiro atoms. The Labute approximate surface area is 133 Å². The molecule has 1 aromatic rings. The Bertz CT molecular complexity index is 606. The fraction of sp³-hybridized carbons (Fsp3) is 0.188. The molecule has 1 amide bonds. The third-order valence-corrected chi connectivity index (χ3v) is 2.71. The van der Waals surface area contributed by atoms with Crippen molar-refractivity contribution in [2.45, 2.75) is 12.3 Å². The van der Waals surface area contributed by atoms with Gasteiger partial charge in [-0.3, -0.25) is 9.78 Å². The van der Waals surface area contributed by atoms with Gasteiger partial charge in [-0.1, -0.05) is 25.3 Å². The molecular weight excluding hydrogens is 302 g/mol. The summed E-state index contributed by atoms with van der Waals surface area (Å²) in [6, 6.07) is 3.46. The standard InChI is InChI=1S/C12H12F2N4O.C4H6/c13-12(14)7-9(12)11(19)18-10(15)3-6-17-8-1-4-16-5-2-8;1-3-4-2/h1-6,9H,7H2,(H,16,17)(H2,15,18,19);3-4H,1-2H2/b6-3-;. The first-order valence-corrected chi connectivity index (χ1v) is 6.73. The summed E-state index contributed by atoms with van der Waals surface area (Å²) in [4.78, 5) is 18.5. The van der Waals surface area contributed by atoms with Gasteiger partial charge in [-0.05, 0) is 18.2 Å². The van der Waals surface area contributed by atoms with Gasteiger partial charge in [0.05, 0.1) is 0 Å². The van der Waals surface area contributed by atoms with Crippen LogP contribution in [0.3, 0.4) is 0 Å². The van der Waals surface area contributed by atoms with Crippen molar-refractivity contribution in [2.75, 3.05) is 5.32 Å². The highest BCUT2D eigenvalue weighted by molar-refractivity contribution is 6.01. The molecule has 3 N–H and O–H groups in total. The molecule has 0 aliphatic heterocycles. The zero-order chi connectivity index (χ0) is 17.3. The number of carbonyl (C=O) groups excluding carboxylic acids is 1. The second kappa shape index (κ2) is 8.57. The van der Waals surface area contributed by atoms with Crippen molar-refractivity contribution in [1.29, 1.82) is 0 Å². The molecule has 1 aliphatic carbocycles. The molecule has 0 aromatic carbocycles. The van der Waals surface area contributed by atoms with Crippen LogP contribution in [0.15, 0.2) is 67.1 Å². The fourth-order valence-electron chi connectivity index (χ4n) is 1.40. The highest BCUT2D eigenvalue weighted by Crippen LogP contribution is 2.49. The first-order valence-electron chi connectivity index (χ1n) is 6.73. The molecule has 7 heteroatoms. The van der Waals surface area contributed by atoms with E-state index in [2.05, 4.69) is 28.5 Å². The minimum absolute atomic E-state index is 0.116. The minimum atomic E-state index is -2.92. The van der Waals surface area contributed by atoms with Gasteiger partial charge in [-0.25, -0.2) is 8.78 Å². The van der Waals surface area contributed by atoms with E-state index in [0.29, 0.717) is 0 Å². The molecule has 2 rings (SSSR count). The summed E-state index contributed by atoms with van der Waals surface area (Å²) in [5.74, 6) is -5.22. The first kappa shape index (κ1) is 18.2. The third kappa shape index (κ3) is 6.64. The van der Waals surface area contributed by atoms with Crippen LogP contribution >= 0.6 is 0 Å². The smallest absolute Gasteiger partial charge is 0.260 e. The molecule has 1 aromatic heterocycles. The molecule has 122 valence electrons. The number of halogens is 2. The lowest BCUT2D eigenvalue weighted by Gasteiger charge is -1.98. The lowest BCUT2D eigenvalue weighted by atomic mass is 10.4. The van der Waals surface area contributed by atoms with Gasteiger partial charge in [0.2, 0.25) is 0 Å². The van der Waals surface area contributed by atoms with Crippen LogP contribution in [0.1, 0.15) is 6.42 Å². The van der Waals surface area contributed by atoms with E-state index >= 15 is 0 Å². The second-order valence-corrected chi connectivity index (χ2v) is 4.58. The van der Waals surface area contributed by atoms with E-state index in [4.69, 9.17) is 5.73 Å². The van der Waals surface area contributed by atoms with Crippen molar-refractivity contribution in [3.8, 4) is 0 Å². The predicted octanol–water partition coefficient (Wildman–Crippen LogP) is 2.90. The second-order valence-electron chi connectivity index (χ2n) is 4.58. The molecule has 1 saturated carbocycles. The van der Waals surface area contributed by atoms with Crippen LogP contribution in [-0.2, 0) is 4.79 Å². The number of allylic oxidation sites excluding steroid dienone is 2. The summed E-state index contributed by atoms with van der Waals surface area (Å²) < 4.78 is 25.2. The summed E-state index contributed by atoms with van der Waals surface area (Å²) in [6.07, 6.45) is 8.84. The molecule has 1 heterocycles. The number of aromatic nitrogens is 1. The van der Waals surface area contributed by atoms with Crippen LogP contribution in [-0.4, -0.2) is 22.6 Å². The van der Waals surface area contributed by atoms with Gasteiger partial charge in [-0.2, -0.15) is 4.99 Å². The Hall–Kier alpha value is -2.83. The van der Waals surface area contributed by atoms with Crippen LogP contribution in [0, 0.1) is 5.92 Å². The average molecular weight is 320 g/mol. The fourth-order valence-corrected chi connectivity index (χ4v) is 1.40. The van der Waals surface area contributed by atoms with Crippen molar-refractivity contribution in [2.24, 2.45) is 16.6 Å². The van der Waals surface area contributed by atoms with Crippen LogP contribution < -0.4 is 11.1 Å². The summed E-state index contributed by atoms with van der Waals surface area (Å²) in [7, 11) is 0. The number of amides is 1. The van der Waals surface area contributed by atoms with E-state index in [9.17, 15) is 13.6 Å². The largest absolute Gasteiger partial charge is 0.384 e. The van der Waals surface area contributed by atoms with E-state index in [1.54, 1.807) is 36.7 Å². The number of nitrogens with one attached hydrogen (secondary N) is 1. The van der Waals surface area contributed by atoms with Gasteiger partial charge >= 0.3 is 0 Å². The topological polar surface area (TPSA) is 80.4 Å². The maximum atomic E-state index is 12.6. The Balaban J connectivity index is 0.000000593. The van der Waals surface area contributed by atoms with E-state index in [-0.39, 0.29) is 5.84 Å². The Morgan fingerprint density at radius 2 is 1.96 bits per heavy atom. The van der Waals surface area contributed by atoms with Gasteiger partial charge in [0.15, 0.2) is 0 Å². The van der Waals surface area contributed by atoms with Gasteiger partial charge in [0, 0.05) is 30.7 Å². The lowest BCUT2D eigenvalue weighted by Crippen LogP contribution is -2.14. The number of aliphatic imine (C=N–C) groups is 1. The predicted molar refractivity (Wildman–Crippen MR) is 87.1 cm³/mol. The highest BCUT2D eigenvalue weighted by Gasteiger charge is 2.61. The normalized spacial score (nSPS) is 18.5. The number of alkyl halides is 2. The number of nitrogens with two attached hydrogens (primary N) is 1. The van der Waals surface area contributed by atoms with Gasteiger partial charge in [-0.15, -0.1) is 0 Å². The number of hydrogen-bond donors (Lipinski definition) is 2. The molecular formula is C16H18F2N4O. The summed E-state index contributed by atoms with van der Waals surface area (Å²) in [6.45, 7) is 6.72. The Morgan fingerprint density at radius 1 is 1.39 bits per heavy atom. The number of hydrogen-bond acceptors (Lipinski definition) is 3. The summed E-state index contributed by atoms with van der Waals surface area (Å²) in [5, 5.41) is 2.87. The number of rotatable bonds is 5. The molecule has 1 aliphatic rings. The molecule has 0 radical (unpaired) electrons. The van der Waals surface area contributed by atoms with Gasteiger partial charge < -0.3 is 11.1 Å². The molecule has 1 unspecified atom stereocenters. The van der Waals surface area contributed by atoms with Crippen molar-refractivity contribution in [3.05, 3.63) is 62.1 Å². The zero-order valence-corrected chi connectivity index (χ0v) is 12.5. The molecule has 1 atom stereocenters. The lowest BCUT2D eigenvalue weighted by molar-refractivity contribution is -0.120. The van der Waals surface area contributed by atoms with Crippen molar-refractivity contribution >= 4 is 17.4 Å². The number of amidine groups is 1. The minimum Gasteiger partial charge on any atom is -0.384 e. The molecule has 1 fully saturated rings. The van der Waals surface area contributed by atoms with Crippen molar-refractivity contribution < 1.29 is 13.6 Å². The third-order valence-electron chi connectivity index (χ3n) is 2.71. The van der Waals surface area contributed by atoms with Crippen LogP contribution in [0.2, 0.25) is 0 Å².